The SMILES string of the molecule is Oc1ccc2ccccc2c1C=NCC12CCC3C[C@H](C[C@@H](C3)C1)C2. The Hall–Kier alpha value is -1.83. The molecule has 0 radical (unpaired) electrons. The van der Waals surface area contributed by atoms with E-state index >= 15 is 0 Å². The van der Waals surface area contributed by atoms with Crippen LogP contribution in [0.5, 0.6) is 5.75 Å². The van der Waals surface area contributed by atoms with E-state index in [0.717, 1.165) is 40.6 Å². The molecule has 0 unspecified atom stereocenters. The Kier molecular flexibility index (Phi) is 3.62. The molecule has 0 spiro atoms. The van der Waals surface area contributed by atoms with Gasteiger partial charge in [-0.1, -0.05) is 30.3 Å². The van der Waals surface area contributed by atoms with Gasteiger partial charge in [0.15, 0.2) is 0 Å². The zero-order chi connectivity index (χ0) is 16.9. The number of phenols is 1. The molecule has 0 heterocycles. The molecule has 25 heavy (non-hydrogen) atoms. The second-order valence-corrected chi connectivity index (χ2v) is 8.94. The summed E-state index contributed by atoms with van der Waals surface area (Å²) < 4.78 is 0. The zero-order valence-electron chi connectivity index (χ0n) is 14.8. The van der Waals surface area contributed by atoms with Crippen LogP contribution in [0.2, 0.25) is 0 Å². The van der Waals surface area contributed by atoms with Crippen molar-refractivity contribution in [2.24, 2.45) is 28.2 Å². The first-order valence-electron chi connectivity index (χ1n) is 9.91. The summed E-state index contributed by atoms with van der Waals surface area (Å²) in [6.07, 6.45) is 11.9. The molecule has 2 aromatic carbocycles. The van der Waals surface area contributed by atoms with Crippen LogP contribution in [0.25, 0.3) is 10.8 Å². The highest BCUT2D eigenvalue weighted by molar-refractivity contribution is 6.02. The molecule has 1 N–H and O–H groups in total. The van der Waals surface area contributed by atoms with E-state index < -0.39 is 0 Å². The molecule has 0 aliphatic heterocycles. The van der Waals surface area contributed by atoms with Gasteiger partial charge in [-0.3, -0.25) is 4.99 Å². The molecule has 0 amide bonds. The molecule has 2 atom stereocenters. The highest BCUT2D eigenvalue weighted by atomic mass is 16.3. The molecule has 2 nitrogen and oxygen atoms in total. The number of aromatic hydroxyl groups is 1. The molecule has 4 bridgehead atoms. The predicted octanol–water partition coefficient (Wildman–Crippen LogP) is 5.57. The van der Waals surface area contributed by atoms with Gasteiger partial charge in [0.1, 0.15) is 5.75 Å². The van der Waals surface area contributed by atoms with Crippen molar-refractivity contribution < 1.29 is 5.11 Å². The van der Waals surface area contributed by atoms with Gasteiger partial charge in [0.25, 0.3) is 0 Å². The monoisotopic (exact) mass is 333 g/mol. The lowest BCUT2D eigenvalue weighted by molar-refractivity contribution is 0.0728. The average Bonchev–Trinajstić information content (AvgIpc) is 2.81. The molecule has 6 rings (SSSR count). The van der Waals surface area contributed by atoms with Crippen molar-refractivity contribution in [2.45, 2.75) is 44.9 Å². The zero-order valence-corrected chi connectivity index (χ0v) is 14.8. The number of phenolic OH excluding ortho intramolecular Hbond substituents is 1. The van der Waals surface area contributed by atoms with Crippen molar-refractivity contribution in [3.63, 3.8) is 0 Å². The minimum atomic E-state index is 0.338. The van der Waals surface area contributed by atoms with E-state index in [-0.39, 0.29) is 0 Å². The maximum absolute atomic E-state index is 10.3. The lowest BCUT2D eigenvalue weighted by atomic mass is 9.61. The Bertz CT molecular complexity index is 810. The Morgan fingerprint density at radius 1 is 1.00 bits per heavy atom. The Balaban J connectivity index is 1.42. The van der Waals surface area contributed by atoms with Crippen LogP contribution in [0.1, 0.15) is 50.5 Å². The summed E-state index contributed by atoms with van der Waals surface area (Å²) in [6, 6.07) is 12.0. The van der Waals surface area contributed by atoms with Crippen LogP contribution >= 0.6 is 0 Å². The second-order valence-electron chi connectivity index (χ2n) is 8.94. The predicted molar refractivity (Wildman–Crippen MR) is 103 cm³/mol. The van der Waals surface area contributed by atoms with Crippen molar-refractivity contribution in [3.8, 4) is 5.75 Å². The van der Waals surface area contributed by atoms with Gasteiger partial charge < -0.3 is 5.11 Å². The standard InChI is InChI=1S/C23H27NO/c25-22-6-5-19-3-1-2-4-20(19)21(22)14-24-15-23-8-7-16-9-17(12-23)11-18(10-16)13-23/h1-6,14,16-18,25H,7-13,15H2/t16?,17-,18-,23?/m1/s1. The van der Waals surface area contributed by atoms with Crippen LogP contribution in [0.4, 0.5) is 0 Å². The minimum Gasteiger partial charge on any atom is -0.507 e. The van der Waals surface area contributed by atoms with Crippen LogP contribution < -0.4 is 0 Å². The number of benzene rings is 2. The van der Waals surface area contributed by atoms with Crippen molar-refractivity contribution in [3.05, 3.63) is 42.0 Å². The third kappa shape index (κ3) is 2.76. The average molecular weight is 333 g/mol. The topological polar surface area (TPSA) is 32.6 Å². The van der Waals surface area contributed by atoms with Crippen molar-refractivity contribution >= 4 is 17.0 Å². The van der Waals surface area contributed by atoms with Crippen molar-refractivity contribution in [1.29, 1.82) is 0 Å². The number of hydrogen-bond donors (Lipinski definition) is 1. The summed E-state index contributed by atoms with van der Waals surface area (Å²) in [4.78, 5) is 4.90. The maximum atomic E-state index is 10.3. The van der Waals surface area contributed by atoms with E-state index in [1.807, 2.05) is 24.4 Å². The van der Waals surface area contributed by atoms with Gasteiger partial charge >= 0.3 is 0 Å². The van der Waals surface area contributed by atoms with E-state index in [1.54, 1.807) is 6.07 Å². The Morgan fingerprint density at radius 2 is 1.76 bits per heavy atom. The number of aliphatic imine (C=N–C) groups is 1. The second kappa shape index (κ2) is 5.86. The van der Waals surface area contributed by atoms with E-state index in [4.69, 9.17) is 4.99 Å². The molecule has 4 aliphatic rings. The largest absolute Gasteiger partial charge is 0.507 e. The van der Waals surface area contributed by atoms with Crippen LogP contribution in [0.3, 0.4) is 0 Å². The minimum absolute atomic E-state index is 0.338. The first-order valence-corrected chi connectivity index (χ1v) is 9.91. The number of nitrogens with zero attached hydrogens (tertiary/aromatic N) is 1. The van der Waals surface area contributed by atoms with Crippen molar-refractivity contribution in [2.75, 3.05) is 6.54 Å². The molecule has 4 saturated carbocycles. The van der Waals surface area contributed by atoms with Gasteiger partial charge in [-0.2, -0.15) is 0 Å². The number of hydrogen-bond acceptors (Lipinski definition) is 2. The van der Waals surface area contributed by atoms with Gasteiger partial charge in [0, 0.05) is 18.3 Å². The first kappa shape index (κ1) is 15.4. The lowest BCUT2D eigenvalue weighted by Crippen LogP contribution is -2.36. The molecule has 2 aromatic rings. The highest BCUT2D eigenvalue weighted by Gasteiger charge is 2.47. The van der Waals surface area contributed by atoms with Gasteiger partial charge in [-0.15, -0.1) is 0 Å². The van der Waals surface area contributed by atoms with E-state index in [1.165, 1.54) is 44.9 Å². The Labute approximate surface area is 150 Å². The van der Waals surface area contributed by atoms with Crippen LogP contribution in [-0.4, -0.2) is 17.9 Å². The van der Waals surface area contributed by atoms with Gasteiger partial charge in [-0.25, -0.2) is 0 Å². The summed E-state index contributed by atoms with van der Waals surface area (Å²) in [7, 11) is 0. The Morgan fingerprint density at radius 3 is 2.60 bits per heavy atom. The highest BCUT2D eigenvalue weighted by Crippen LogP contribution is 2.57. The smallest absolute Gasteiger partial charge is 0.124 e. The molecular formula is C23H27NO. The molecule has 2 heteroatoms. The normalized spacial score (nSPS) is 34.0. The molecule has 0 saturated heterocycles. The lowest BCUT2D eigenvalue weighted by Gasteiger charge is -2.44. The molecule has 0 aromatic heterocycles. The fraction of sp³-hybridized carbons (Fsp3) is 0.522. The quantitative estimate of drug-likeness (QED) is 0.732. The fourth-order valence-electron chi connectivity index (χ4n) is 6.25. The maximum Gasteiger partial charge on any atom is 0.124 e. The number of rotatable bonds is 3. The van der Waals surface area contributed by atoms with Gasteiger partial charge in [0.2, 0.25) is 0 Å². The molecule has 4 aliphatic carbocycles. The van der Waals surface area contributed by atoms with Crippen LogP contribution in [-0.2, 0) is 0 Å². The summed E-state index contributed by atoms with van der Waals surface area (Å²) in [5.74, 6) is 3.26. The summed E-state index contributed by atoms with van der Waals surface area (Å²) in [5, 5.41) is 12.6. The molecular weight excluding hydrogens is 306 g/mol. The van der Waals surface area contributed by atoms with Crippen LogP contribution in [0, 0.1) is 23.2 Å². The fourth-order valence-corrected chi connectivity index (χ4v) is 6.25. The molecule has 130 valence electrons. The van der Waals surface area contributed by atoms with E-state index in [0.29, 0.717) is 11.2 Å². The van der Waals surface area contributed by atoms with Crippen molar-refractivity contribution in [1.82, 2.24) is 0 Å². The van der Waals surface area contributed by atoms with Crippen LogP contribution in [0.15, 0.2) is 41.4 Å². The summed E-state index contributed by atoms with van der Waals surface area (Å²) in [5.41, 5.74) is 1.31. The van der Waals surface area contributed by atoms with E-state index in [9.17, 15) is 5.11 Å². The third-order valence-corrected chi connectivity index (χ3v) is 7.12. The van der Waals surface area contributed by atoms with Gasteiger partial charge in [0.05, 0.1) is 0 Å². The summed E-state index contributed by atoms with van der Waals surface area (Å²) in [6.45, 7) is 0.940. The number of fused-ring (bicyclic) bond motifs is 2. The molecule has 4 fully saturated rings. The first-order chi connectivity index (χ1) is 12.2. The summed E-state index contributed by atoms with van der Waals surface area (Å²) >= 11 is 0. The van der Waals surface area contributed by atoms with E-state index in [2.05, 4.69) is 12.1 Å². The third-order valence-electron chi connectivity index (χ3n) is 7.12. The van der Waals surface area contributed by atoms with Gasteiger partial charge in [-0.05, 0) is 85.0 Å².